The molecule has 0 saturated heterocycles. The predicted octanol–water partition coefficient (Wildman–Crippen LogP) is 1.98. The number of urea groups is 1. The Kier molecular flexibility index (Phi) is 8.44. The normalized spacial score (nSPS) is 9.76. The van der Waals surface area contributed by atoms with Crippen molar-refractivity contribution in [3.8, 4) is 5.75 Å². The number of nitrogens with one attached hydrogen (secondary N) is 3. The molecule has 0 aromatic heterocycles. The van der Waals surface area contributed by atoms with Gasteiger partial charge in [-0.3, -0.25) is 10.2 Å². The molecule has 0 aliphatic carbocycles. The highest BCUT2D eigenvalue weighted by atomic mass is 16.5. The summed E-state index contributed by atoms with van der Waals surface area (Å²) < 4.78 is 5.47. The van der Waals surface area contributed by atoms with Crippen molar-refractivity contribution >= 4 is 11.9 Å². The Morgan fingerprint density at radius 1 is 1.10 bits per heavy atom. The minimum atomic E-state index is -0.391. The molecule has 0 spiro atoms. The minimum absolute atomic E-state index is 0.239. The second-order valence-corrected chi connectivity index (χ2v) is 4.55. The molecule has 6 heteroatoms. The Morgan fingerprint density at radius 3 is 2.57 bits per heavy atom. The quantitative estimate of drug-likeness (QED) is 0.506. The van der Waals surface area contributed by atoms with Crippen LogP contribution in [0.25, 0.3) is 0 Å². The third-order valence-electron chi connectivity index (χ3n) is 2.69. The molecule has 116 valence electrons. The van der Waals surface area contributed by atoms with E-state index in [-0.39, 0.29) is 5.91 Å². The largest absolute Gasteiger partial charge is 0.494 e. The first-order valence-electron chi connectivity index (χ1n) is 7.23. The molecule has 1 aromatic carbocycles. The SMILES string of the molecule is CCCCNC(=O)NNC(=O)CCCOc1ccccc1. The van der Waals surface area contributed by atoms with E-state index in [2.05, 4.69) is 16.2 Å². The van der Waals surface area contributed by atoms with Crippen molar-refractivity contribution in [3.63, 3.8) is 0 Å². The van der Waals surface area contributed by atoms with Gasteiger partial charge in [-0.15, -0.1) is 0 Å². The van der Waals surface area contributed by atoms with Gasteiger partial charge in [0, 0.05) is 13.0 Å². The highest BCUT2D eigenvalue weighted by Crippen LogP contribution is 2.08. The van der Waals surface area contributed by atoms with Crippen molar-refractivity contribution in [1.29, 1.82) is 0 Å². The van der Waals surface area contributed by atoms with Gasteiger partial charge in [-0.2, -0.15) is 0 Å². The van der Waals surface area contributed by atoms with Crippen molar-refractivity contribution in [1.82, 2.24) is 16.2 Å². The summed E-state index contributed by atoms with van der Waals surface area (Å²) in [7, 11) is 0. The van der Waals surface area contributed by atoms with Gasteiger partial charge in [-0.05, 0) is 25.0 Å². The number of carbonyl (C=O) groups is 2. The van der Waals surface area contributed by atoms with E-state index in [0.717, 1.165) is 18.6 Å². The number of ether oxygens (including phenoxy) is 1. The van der Waals surface area contributed by atoms with Gasteiger partial charge in [0.25, 0.3) is 0 Å². The fourth-order valence-corrected chi connectivity index (χ4v) is 1.55. The average Bonchev–Trinajstić information content (AvgIpc) is 2.51. The van der Waals surface area contributed by atoms with Gasteiger partial charge in [0.15, 0.2) is 0 Å². The molecule has 0 aliphatic rings. The Bertz CT molecular complexity index is 423. The van der Waals surface area contributed by atoms with E-state index >= 15 is 0 Å². The maximum atomic E-state index is 11.5. The molecule has 0 bridgehead atoms. The van der Waals surface area contributed by atoms with E-state index in [4.69, 9.17) is 4.74 Å². The summed E-state index contributed by atoms with van der Waals surface area (Å²) in [6.07, 6.45) is 2.80. The van der Waals surface area contributed by atoms with Crippen LogP contribution in [0.5, 0.6) is 5.75 Å². The molecule has 0 radical (unpaired) electrons. The first-order chi connectivity index (χ1) is 10.2. The zero-order chi connectivity index (χ0) is 15.3. The maximum Gasteiger partial charge on any atom is 0.333 e. The molecule has 0 saturated carbocycles. The second-order valence-electron chi connectivity index (χ2n) is 4.55. The van der Waals surface area contributed by atoms with E-state index in [1.165, 1.54) is 0 Å². The Hall–Kier alpha value is -2.24. The van der Waals surface area contributed by atoms with E-state index < -0.39 is 6.03 Å². The van der Waals surface area contributed by atoms with Crippen LogP contribution in [-0.2, 0) is 4.79 Å². The van der Waals surface area contributed by atoms with E-state index in [0.29, 0.717) is 26.0 Å². The summed E-state index contributed by atoms with van der Waals surface area (Å²) in [5.41, 5.74) is 4.66. The number of para-hydroxylation sites is 1. The van der Waals surface area contributed by atoms with Crippen LogP contribution in [0, 0.1) is 0 Å². The molecular weight excluding hydrogens is 270 g/mol. The lowest BCUT2D eigenvalue weighted by molar-refractivity contribution is -0.122. The predicted molar refractivity (Wildman–Crippen MR) is 80.8 cm³/mol. The molecule has 21 heavy (non-hydrogen) atoms. The number of amides is 3. The summed E-state index contributed by atoms with van der Waals surface area (Å²) in [5, 5.41) is 2.64. The van der Waals surface area contributed by atoms with E-state index in [1.54, 1.807) is 0 Å². The van der Waals surface area contributed by atoms with Crippen LogP contribution in [0.3, 0.4) is 0 Å². The van der Waals surface area contributed by atoms with Crippen LogP contribution < -0.4 is 20.9 Å². The Labute approximate surface area is 125 Å². The second kappa shape index (κ2) is 10.5. The summed E-state index contributed by atoms with van der Waals surface area (Å²) in [6.45, 7) is 3.10. The number of benzene rings is 1. The molecule has 1 aromatic rings. The van der Waals surface area contributed by atoms with Crippen LogP contribution in [0.2, 0.25) is 0 Å². The zero-order valence-corrected chi connectivity index (χ0v) is 12.4. The van der Waals surface area contributed by atoms with Crippen LogP contribution in [0.15, 0.2) is 30.3 Å². The highest BCUT2D eigenvalue weighted by Gasteiger charge is 2.03. The first kappa shape index (κ1) is 16.8. The lowest BCUT2D eigenvalue weighted by atomic mass is 10.3. The molecule has 0 aliphatic heterocycles. The Balaban J connectivity index is 2.02. The molecule has 0 fully saturated rings. The van der Waals surface area contributed by atoms with Gasteiger partial charge in [0.05, 0.1) is 6.61 Å². The van der Waals surface area contributed by atoms with Crippen molar-refractivity contribution < 1.29 is 14.3 Å². The van der Waals surface area contributed by atoms with Gasteiger partial charge in [-0.25, -0.2) is 10.2 Å². The molecular formula is C15H23N3O3. The van der Waals surface area contributed by atoms with Crippen LogP contribution >= 0.6 is 0 Å². The topological polar surface area (TPSA) is 79.5 Å². The third kappa shape index (κ3) is 8.52. The van der Waals surface area contributed by atoms with Gasteiger partial charge in [0.1, 0.15) is 5.75 Å². The fourth-order valence-electron chi connectivity index (χ4n) is 1.55. The van der Waals surface area contributed by atoms with Crippen molar-refractivity contribution in [3.05, 3.63) is 30.3 Å². The van der Waals surface area contributed by atoms with Crippen LogP contribution in [-0.4, -0.2) is 25.1 Å². The lowest BCUT2D eigenvalue weighted by Crippen LogP contribution is -2.47. The highest BCUT2D eigenvalue weighted by molar-refractivity contribution is 5.80. The number of unbranched alkanes of at least 4 members (excludes halogenated alkanes) is 1. The van der Waals surface area contributed by atoms with E-state index in [1.807, 2.05) is 37.3 Å². The summed E-state index contributed by atoms with van der Waals surface area (Å²) in [5.74, 6) is 0.545. The summed E-state index contributed by atoms with van der Waals surface area (Å²) >= 11 is 0. The third-order valence-corrected chi connectivity index (χ3v) is 2.69. The van der Waals surface area contributed by atoms with Gasteiger partial charge in [0.2, 0.25) is 5.91 Å². The number of carbonyl (C=O) groups excluding carboxylic acids is 2. The summed E-state index contributed by atoms with van der Waals surface area (Å²) in [4.78, 5) is 22.8. The number of hydrazine groups is 1. The molecule has 0 unspecified atom stereocenters. The molecule has 1 rings (SSSR count). The first-order valence-corrected chi connectivity index (χ1v) is 7.23. The minimum Gasteiger partial charge on any atom is -0.494 e. The van der Waals surface area contributed by atoms with Crippen molar-refractivity contribution in [2.24, 2.45) is 0 Å². The molecule has 6 nitrogen and oxygen atoms in total. The van der Waals surface area contributed by atoms with Crippen LogP contribution in [0.1, 0.15) is 32.6 Å². The van der Waals surface area contributed by atoms with Gasteiger partial charge >= 0.3 is 6.03 Å². The van der Waals surface area contributed by atoms with Crippen molar-refractivity contribution in [2.45, 2.75) is 32.6 Å². The zero-order valence-electron chi connectivity index (χ0n) is 12.4. The maximum absolute atomic E-state index is 11.5. The molecule has 0 atom stereocenters. The van der Waals surface area contributed by atoms with Gasteiger partial charge < -0.3 is 10.1 Å². The molecule has 3 N–H and O–H groups in total. The Morgan fingerprint density at radius 2 is 1.86 bits per heavy atom. The molecule has 0 heterocycles. The van der Waals surface area contributed by atoms with E-state index in [9.17, 15) is 9.59 Å². The fraction of sp³-hybridized carbons (Fsp3) is 0.467. The molecule has 3 amide bonds. The monoisotopic (exact) mass is 293 g/mol. The number of rotatable bonds is 8. The summed E-state index contributed by atoms with van der Waals surface area (Å²) in [6, 6.07) is 9.03. The number of hydrogen-bond acceptors (Lipinski definition) is 3. The average molecular weight is 293 g/mol. The van der Waals surface area contributed by atoms with Crippen LogP contribution in [0.4, 0.5) is 4.79 Å². The standard InChI is InChI=1S/C15H23N3O3/c1-2-3-11-16-15(20)18-17-14(19)10-7-12-21-13-8-5-4-6-9-13/h4-6,8-9H,2-3,7,10-12H2,1H3,(H,17,19)(H2,16,18,20). The lowest BCUT2D eigenvalue weighted by Gasteiger charge is -2.09. The smallest absolute Gasteiger partial charge is 0.333 e. The number of hydrogen-bond donors (Lipinski definition) is 3. The van der Waals surface area contributed by atoms with Crippen molar-refractivity contribution in [2.75, 3.05) is 13.2 Å². The van der Waals surface area contributed by atoms with Gasteiger partial charge in [-0.1, -0.05) is 31.5 Å².